The number of nitrogens with two attached hydrogens (primary N) is 3. The summed E-state index contributed by atoms with van der Waals surface area (Å²) in [5.74, 6) is -4.66. The first-order valence-electron chi connectivity index (χ1n) is 17.9. The predicted octanol–water partition coefficient (Wildman–Crippen LogP) is -1.21. The van der Waals surface area contributed by atoms with Gasteiger partial charge in [0.25, 0.3) is 5.91 Å². The average Bonchev–Trinajstić information content (AvgIpc) is 3.58. The van der Waals surface area contributed by atoms with Crippen molar-refractivity contribution in [3.05, 3.63) is 95.7 Å². The fourth-order valence-electron chi connectivity index (χ4n) is 6.14. The zero-order valence-corrected chi connectivity index (χ0v) is 30.3. The number of carbonyl (C=O) groups excluding carboxylic acids is 6. The van der Waals surface area contributed by atoms with Gasteiger partial charge in [0.1, 0.15) is 29.9 Å². The molecule has 18 heteroatoms. The van der Waals surface area contributed by atoms with Crippen LogP contribution in [0.2, 0.25) is 0 Å². The highest BCUT2D eigenvalue weighted by Crippen LogP contribution is 2.20. The first kappa shape index (κ1) is 40.1. The van der Waals surface area contributed by atoms with Crippen molar-refractivity contribution in [1.82, 2.24) is 36.9 Å². The molecular weight excluding hydrogens is 722 g/mol. The third kappa shape index (κ3) is 11.0. The van der Waals surface area contributed by atoms with E-state index in [9.17, 15) is 33.9 Å². The molecule has 0 bridgehead atoms. The second kappa shape index (κ2) is 18.8. The number of nitrogens with zero attached hydrogens (tertiary/aromatic N) is 1. The Labute approximate surface area is 321 Å². The number of anilines is 1. The Morgan fingerprint density at radius 3 is 2.16 bits per heavy atom. The van der Waals surface area contributed by atoms with E-state index in [0.29, 0.717) is 11.1 Å². The Morgan fingerprint density at radius 1 is 0.768 bits per heavy atom. The normalized spacial score (nSPS) is 19.6. The van der Waals surface area contributed by atoms with Gasteiger partial charge in [-0.3, -0.25) is 33.8 Å². The van der Waals surface area contributed by atoms with Gasteiger partial charge in [-0.1, -0.05) is 42.5 Å². The number of hydrogen-bond donors (Lipinski definition) is 11. The Kier molecular flexibility index (Phi) is 13.4. The summed E-state index contributed by atoms with van der Waals surface area (Å²) in [7, 11) is 0. The van der Waals surface area contributed by atoms with Crippen LogP contribution in [0, 0.1) is 0 Å². The third-order valence-electron chi connectivity index (χ3n) is 9.07. The number of hydrogen-bond acceptors (Lipinski definition) is 9. The SMILES string of the molecule is NC(N)=NCCC[C@@H]1NC(=O)[C@H](Cc2c[nH]c3ccccc23)NC(=O)CNC(=O)[C@H](Cc2ccc(O)cc2)NC(=O)[C@H](CNC(=O)c2ccccc2N)NC1=O. The summed E-state index contributed by atoms with van der Waals surface area (Å²) in [6.45, 7) is -0.894. The molecule has 18 nitrogen and oxygen atoms in total. The van der Waals surface area contributed by atoms with Crippen LogP contribution in [0.3, 0.4) is 0 Å². The topological polar surface area (TPSA) is 301 Å². The van der Waals surface area contributed by atoms with Gasteiger partial charge in [-0.2, -0.15) is 0 Å². The van der Waals surface area contributed by atoms with Crippen molar-refractivity contribution < 1.29 is 33.9 Å². The molecule has 2 heterocycles. The van der Waals surface area contributed by atoms with Crippen molar-refractivity contribution in [2.75, 3.05) is 25.4 Å². The molecule has 4 aromatic rings. The number of nitrogens with one attached hydrogen (secondary N) is 7. The minimum absolute atomic E-state index is 0.00682. The number of aromatic nitrogens is 1. The average molecular weight is 768 g/mol. The largest absolute Gasteiger partial charge is 0.508 e. The van der Waals surface area contributed by atoms with E-state index in [1.165, 1.54) is 24.3 Å². The fraction of sp³-hybridized carbons (Fsp3) is 0.289. The van der Waals surface area contributed by atoms with Gasteiger partial charge in [-0.05, 0) is 54.3 Å². The number of aromatic hydroxyl groups is 1. The second-order valence-electron chi connectivity index (χ2n) is 13.2. The molecule has 1 saturated heterocycles. The monoisotopic (exact) mass is 767 g/mol. The molecule has 0 aliphatic carbocycles. The molecule has 0 radical (unpaired) electrons. The molecule has 5 rings (SSSR count). The van der Waals surface area contributed by atoms with Crippen molar-refractivity contribution in [2.24, 2.45) is 16.5 Å². The van der Waals surface area contributed by atoms with E-state index in [2.05, 4.69) is 41.9 Å². The Morgan fingerprint density at radius 2 is 1.41 bits per heavy atom. The minimum Gasteiger partial charge on any atom is -0.508 e. The van der Waals surface area contributed by atoms with Gasteiger partial charge in [0.05, 0.1) is 12.1 Å². The zero-order chi connectivity index (χ0) is 40.2. The number of para-hydroxylation sites is 2. The number of guanidine groups is 1. The lowest BCUT2D eigenvalue weighted by Gasteiger charge is -2.26. The molecule has 3 aromatic carbocycles. The first-order chi connectivity index (χ1) is 26.9. The van der Waals surface area contributed by atoms with Gasteiger partial charge in [0.2, 0.25) is 29.5 Å². The lowest BCUT2D eigenvalue weighted by Crippen LogP contribution is -2.60. The molecule has 294 valence electrons. The van der Waals surface area contributed by atoms with Crippen LogP contribution in [-0.4, -0.2) is 95.3 Å². The Bertz CT molecular complexity index is 2100. The molecule has 1 aliphatic heterocycles. The van der Waals surface area contributed by atoms with Crippen molar-refractivity contribution in [2.45, 2.75) is 49.9 Å². The number of carbonyl (C=O) groups is 6. The van der Waals surface area contributed by atoms with E-state index in [4.69, 9.17) is 17.2 Å². The van der Waals surface area contributed by atoms with Crippen LogP contribution in [0.1, 0.15) is 34.3 Å². The highest BCUT2D eigenvalue weighted by molar-refractivity contribution is 6.00. The summed E-state index contributed by atoms with van der Waals surface area (Å²) in [5, 5.41) is 26.4. The highest BCUT2D eigenvalue weighted by Gasteiger charge is 2.33. The zero-order valence-electron chi connectivity index (χ0n) is 30.3. The predicted molar refractivity (Wildman–Crippen MR) is 208 cm³/mol. The van der Waals surface area contributed by atoms with Gasteiger partial charge in [0, 0.05) is 48.7 Å². The number of nitrogen functional groups attached to an aromatic ring is 1. The van der Waals surface area contributed by atoms with E-state index < -0.39 is 72.7 Å². The first-order valence-corrected chi connectivity index (χ1v) is 17.9. The van der Waals surface area contributed by atoms with Crippen molar-refractivity contribution in [3.63, 3.8) is 0 Å². The Hall–Kier alpha value is -7.11. The lowest BCUT2D eigenvalue weighted by molar-refractivity contribution is -0.134. The van der Waals surface area contributed by atoms with Crippen LogP contribution >= 0.6 is 0 Å². The number of phenols is 1. The van der Waals surface area contributed by atoms with E-state index >= 15 is 0 Å². The maximum absolute atomic E-state index is 14.1. The van der Waals surface area contributed by atoms with E-state index in [1.54, 1.807) is 30.5 Å². The summed E-state index contributed by atoms with van der Waals surface area (Å²) in [6.07, 6.45) is 1.88. The van der Waals surface area contributed by atoms with E-state index in [1.807, 2.05) is 24.3 Å². The van der Waals surface area contributed by atoms with Crippen LogP contribution in [0.25, 0.3) is 10.9 Å². The molecule has 0 saturated carbocycles. The second-order valence-corrected chi connectivity index (χ2v) is 13.2. The van der Waals surface area contributed by atoms with Crippen LogP contribution in [0.5, 0.6) is 5.75 Å². The molecule has 1 aromatic heterocycles. The fourth-order valence-corrected chi connectivity index (χ4v) is 6.14. The van der Waals surface area contributed by atoms with Crippen LogP contribution in [0.4, 0.5) is 5.69 Å². The molecule has 1 aliphatic rings. The molecule has 14 N–H and O–H groups in total. The number of aromatic amines is 1. The molecule has 4 atom stereocenters. The molecular formula is C38H45N11O7. The van der Waals surface area contributed by atoms with E-state index in [-0.39, 0.29) is 55.2 Å². The highest BCUT2D eigenvalue weighted by atomic mass is 16.3. The van der Waals surface area contributed by atoms with E-state index in [0.717, 1.165) is 10.9 Å². The summed E-state index contributed by atoms with van der Waals surface area (Å²) < 4.78 is 0. The summed E-state index contributed by atoms with van der Waals surface area (Å²) in [5.41, 5.74) is 19.3. The molecule has 0 unspecified atom stereocenters. The molecule has 6 amide bonds. The number of H-pyrrole nitrogens is 1. The summed E-state index contributed by atoms with van der Waals surface area (Å²) in [4.78, 5) is 89.3. The standard InChI is InChI=1S/C38H45N11O7/c39-26-8-3-1-7-25(26)33(52)44-19-31-37(56)48-29(16-21-11-13-23(50)14-12-21)34(53)45-20-32(51)46-30(17-22-18-43-27-9-4-2-6-24(22)27)36(55)47-28(35(54)49-31)10-5-15-42-38(40)41/h1-4,6-9,11-14,18,28-31,43,50H,5,10,15-17,19-20,39H2,(H,44,52)(H,45,53)(H,46,51)(H,47,55)(H,48,56)(H,49,54)(H4,40,41,42)/t28-,29-,30-,31-/m0/s1. The number of amides is 6. The number of phenolic OH excluding ortho intramolecular Hbond substituents is 1. The van der Waals surface area contributed by atoms with Crippen LogP contribution in [0.15, 0.2) is 84.0 Å². The Balaban J connectivity index is 1.48. The van der Waals surface area contributed by atoms with Crippen LogP contribution < -0.4 is 49.1 Å². The summed E-state index contributed by atoms with van der Waals surface area (Å²) in [6, 6.07) is 14.4. The maximum atomic E-state index is 14.1. The van der Waals surface area contributed by atoms with Gasteiger partial charge in [-0.15, -0.1) is 0 Å². The van der Waals surface area contributed by atoms with Crippen molar-refractivity contribution in [3.8, 4) is 5.75 Å². The smallest absolute Gasteiger partial charge is 0.253 e. The molecule has 56 heavy (non-hydrogen) atoms. The minimum atomic E-state index is -1.48. The van der Waals surface area contributed by atoms with Crippen LogP contribution in [-0.2, 0) is 36.8 Å². The quantitative estimate of drug-likeness (QED) is 0.0375. The maximum Gasteiger partial charge on any atom is 0.253 e. The van der Waals surface area contributed by atoms with Gasteiger partial charge < -0.3 is 59.2 Å². The number of fused-ring (bicyclic) bond motifs is 1. The van der Waals surface area contributed by atoms with Crippen molar-refractivity contribution >= 4 is 58.0 Å². The lowest BCUT2D eigenvalue weighted by atomic mass is 10.0. The third-order valence-corrected chi connectivity index (χ3v) is 9.07. The number of benzene rings is 3. The molecule has 0 spiro atoms. The van der Waals surface area contributed by atoms with Gasteiger partial charge >= 0.3 is 0 Å². The van der Waals surface area contributed by atoms with Crippen molar-refractivity contribution in [1.29, 1.82) is 0 Å². The number of rotatable bonds is 11. The summed E-state index contributed by atoms with van der Waals surface area (Å²) >= 11 is 0. The van der Waals surface area contributed by atoms with Gasteiger partial charge in [0.15, 0.2) is 5.96 Å². The molecule has 1 fully saturated rings. The number of aliphatic imine (C=N–C) groups is 1. The van der Waals surface area contributed by atoms with Gasteiger partial charge in [-0.25, -0.2) is 0 Å².